The molecule has 7 nitrogen and oxygen atoms in total. The van der Waals surface area contributed by atoms with Crippen LogP contribution in [-0.2, 0) is 11.3 Å². The minimum atomic E-state index is -0.204. The summed E-state index contributed by atoms with van der Waals surface area (Å²) in [5.74, 6) is 0.999. The number of amides is 1. The highest BCUT2D eigenvalue weighted by Gasteiger charge is 2.11. The van der Waals surface area contributed by atoms with Gasteiger partial charge in [0.1, 0.15) is 18.0 Å². The number of rotatable bonds is 6. The van der Waals surface area contributed by atoms with Crippen LogP contribution in [0.3, 0.4) is 0 Å². The molecule has 1 N–H and O–H groups in total. The van der Waals surface area contributed by atoms with Gasteiger partial charge in [-0.3, -0.25) is 14.5 Å². The van der Waals surface area contributed by atoms with Crippen LogP contribution in [0.2, 0.25) is 0 Å². The molecule has 0 radical (unpaired) electrons. The van der Waals surface area contributed by atoms with Crippen molar-refractivity contribution in [1.29, 1.82) is 0 Å². The SMILES string of the molecule is COc1cc(NC(=O)Cn2nccc2-c2cccnc2)cc(OC)c1. The first-order valence-corrected chi connectivity index (χ1v) is 7.64. The van der Waals surface area contributed by atoms with Gasteiger partial charge in [0.25, 0.3) is 0 Å². The van der Waals surface area contributed by atoms with Gasteiger partial charge in [-0.2, -0.15) is 5.10 Å². The number of carbonyl (C=O) groups is 1. The second kappa shape index (κ2) is 7.48. The van der Waals surface area contributed by atoms with E-state index >= 15 is 0 Å². The van der Waals surface area contributed by atoms with Crippen LogP contribution in [0.1, 0.15) is 0 Å². The minimum Gasteiger partial charge on any atom is -0.497 e. The van der Waals surface area contributed by atoms with Gasteiger partial charge in [0.2, 0.25) is 5.91 Å². The number of aromatic nitrogens is 3. The number of pyridine rings is 1. The van der Waals surface area contributed by atoms with Gasteiger partial charge in [0.15, 0.2) is 0 Å². The second-order valence-corrected chi connectivity index (χ2v) is 5.27. The van der Waals surface area contributed by atoms with Crippen molar-refractivity contribution in [1.82, 2.24) is 14.8 Å². The van der Waals surface area contributed by atoms with Crippen LogP contribution in [0.4, 0.5) is 5.69 Å². The number of ether oxygens (including phenoxy) is 2. The summed E-state index contributed by atoms with van der Waals surface area (Å²) in [6.07, 6.45) is 5.09. The highest BCUT2D eigenvalue weighted by molar-refractivity contribution is 5.91. The molecule has 2 aromatic heterocycles. The average Bonchev–Trinajstić information content (AvgIpc) is 3.09. The molecule has 7 heteroatoms. The van der Waals surface area contributed by atoms with E-state index in [9.17, 15) is 4.79 Å². The highest BCUT2D eigenvalue weighted by Crippen LogP contribution is 2.26. The van der Waals surface area contributed by atoms with Crippen LogP contribution < -0.4 is 14.8 Å². The largest absolute Gasteiger partial charge is 0.497 e. The predicted molar refractivity (Wildman–Crippen MR) is 93.6 cm³/mol. The number of methoxy groups -OCH3 is 2. The Balaban J connectivity index is 1.75. The van der Waals surface area contributed by atoms with E-state index in [-0.39, 0.29) is 12.5 Å². The van der Waals surface area contributed by atoms with E-state index in [1.165, 1.54) is 0 Å². The molecule has 3 aromatic rings. The first kappa shape index (κ1) is 16.5. The molecular formula is C18H18N4O3. The lowest BCUT2D eigenvalue weighted by atomic mass is 10.2. The van der Waals surface area contributed by atoms with Crippen molar-refractivity contribution in [3.8, 4) is 22.8 Å². The summed E-state index contributed by atoms with van der Waals surface area (Å²) in [5, 5.41) is 7.05. The lowest BCUT2D eigenvalue weighted by Gasteiger charge is -2.11. The van der Waals surface area contributed by atoms with Crippen LogP contribution in [0.15, 0.2) is 55.0 Å². The Morgan fingerprint density at radius 2 is 1.88 bits per heavy atom. The number of nitrogens with zero attached hydrogens (tertiary/aromatic N) is 3. The quantitative estimate of drug-likeness (QED) is 0.747. The van der Waals surface area contributed by atoms with E-state index in [4.69, 9.17) is 9.47 Å². The number of carbonyl (C=O) groups excluding carboxylic acids is 1. The van der Waals surface area contributed by atoms with Gasteiger partial charge in [-0.25, -0.2) is 0 Å². The first-order valence-electron chi connectivity index (χ1n) is 7.64. The molecule has 0 aliphatic carbocycles. The number of hydrogen-bond donors (Lipinski definition) is 1. The molecule has 1 aromatic carbocycles. The maximum atomic E-state index is 12.4. The van der Waals surface area contributed by atoms with Crippen molar-refractivity contribution in [2.45, 2.75) is 6.54 Å². The van der Waals surface area contributed by atoms with Crippen molar-refractivity contribution < 1.29 is 14.3 Å². The van der Waals surface area contributed by atoms with Gasteiger partial charge in [0.05, 0.1) is 19.9 Å². The standard InChI is InChI=1S/C18H18N4O3/c1-24-15-8-14(9-16(10-15)25-2)21-18(23)12-22-17(5-7-20-22)13-4-3-6-19-11-13/h3-11H,12H2,1-2H3,(H,21,23). The van der Waals surface area contributed by atoms with Crippen LogP contribution >= 0.6 is 0 Å². The fraction of sp³-hybridized carbons (Fsp3) is 0.167. The van der Waals surface area contributed by atoms with Crippen molar-refractivity contribution in [3.63, 3.8) is 0 Å². The van der Waals surface area contributed by atoms with Gasteiger partial charge in [-0.15, -0.1) is 0 Å². The summed E-state index contributed by atoms with van der Waals surface area (Å²) >= 11 is 0. The van der Waals surface area contributed by atoms with E-state index in [1.54, 1.807) is 55.7 Å². The molecule has 0 atom stereocenters. The van der Waals surface area contributed by atoms with Crippen molar-refractivity contribution in [2.24, 2.45) is 0 Å². The Hall–Kier alpha value is -3.35. The van der Waals surface area contributed by atoms with Crippen molar-refractivity contribution >= 4 is 11.6 Å². The number of anilines is 1. The highest BCUT2D eigenvalue weighted by atomic mass is 16.5. The predicted octanol–water partition coefficient (Wildman–Crippen LogP) is 2.60. The molecule has 0 aliphatic rings. The van der Waals surface area contributed by atoms with Gasteiger partial charge >= 0.3 is 0 Å². The Kier molecular flexibility index (Phi) is 4.94. The summed E-state index contributed by atoms with van der Waals surface area (Å²) < 4.78 is 12.0. The molecule has 0 saturated heterocycles. The summed E-state index contributed by atoms with van der Waals surface area (Å²) in [4.78, 5) is 16.5. The molecule has 0 bridgehead atoms. The summed E-state index contributed by atoms with van der Waals surface area (Å²) in [6.45, 7) is 0.0801. The minimum absolute atomic E-state index is 0.0801. The molecule has 0 aliphatic heterocycles. The molecule has 128 valence electrons. The second-order valence-electron chi connectivity index (χ2n) is 5.27. The van der Waals surface area contributed by atoms with Gasteiger partial charge in [0, 0.05) is 48.0 Å². The Morgan fingerprint density at radius 1 is 1.12 bits per heavy atom. The van der Waals surface area contributed by atoms with E-state index in [0.29, 0.717) is 17.2 Å². The zero-order valence-electron chi connectivity index (χ0n) is 14.0. The number of benzene rings is 1. The lowest BCUT2D eigenvalue weighted by Crippen LogP contribution is -2.20. The summed E-state index contributed by atoms with van der Waals surface area (Å²) in [7, 11) is 3.12. The molecular weight excluding hydrogens is 320 g/mol. The third kappa shape index (κ3) is 3.95. The molecule has 25 heavy (non-hydrogen) atoms. The summed E-state index contributed by atoms with van der Waals surface area (Å²) in [6, 6.07) is 10.8. The fourth-order valence-corrected chi connectivity index (χ4v) is 2.43. The summed E-state index contributed by atoms with van der Waals surface area (Å²) in [5.41, 5.74) is 2.32. The molecule has 3 rings (SSSR count). The maximum absolute atomic E-state index is 12.4. The lowest BCUT2D eigenvalue weighted by molar-refractivity contribution is -0.116. The average molecular weight is 338 g/mol. The van der Waals surface area contributed by atoms with Gasteiger partial charge in [-0.05, 0) is 18.2 Å². The molecule has 0 saturated carbocycles. The van der Waals surface area contributed by atoms with Crippen molar-refractivity contribution in [2.75, 3.05) is 19.5 Å². The maximum Gasteiger partial charge on any atom is 0.246 e. The van der Waals surface area contributed by atoms with E-state index in [1.807, 2.05) is 18.2 Å². The Labute approximate surface area is 145 Å². The van der Waals surface area contributed by atoms with Crippen LogP contribution in [-0.4, -0.2) is 34.9 Å². The molecule has 1 amide bonds. The Bertz CT molecular complexity index is 840. The number of hydrogen-bond acceptors (Lipinski definition) is 5. The van der Waals surface area contributed by atoms with Crippen LogP contribution in [0, 0.1) is 0 Å². The Morgan fingerprint density at radius 3 is 2.52 bits per heavy atom. The monoisotopic (exact) mass is 338 g/mol. The van der Waals surface area contributed by atoms with E-state index < -0.39 is 0 Å². The van der Waals surface area contributed by atoms with Gasteiger partial charge < -0.3 is 14.8 Å². The normalized spacial score (nSPS) is 10.3. The zero-order valence-corrected chi connectivity index (χ0v) is 14.0. The molecule has 2 heterocycles. The molecule has 0 unspecified atom stereocenters. The third-order valence-corrected chi connectivity index (χ3v) is 3.60. The smallest absolute Gasteiger partial charge is 0.246 e. The molecule has 0 spiro atoms. The van der Waals surface area contributed by atoms with Crippen LogP contribution in [0.5, 0.6) is 11.5 Å². The fourth-order valence-electron chi connectivity index (χ4n) is 2.43. The van der Waals surface area contributed by atoms with Crippen LogP contribution in [0.25, 0.3) is 11.3 Å². The number of nitrogens with one attached hydrogen (secondary N) is 1. The first-order chi connectivity index (χ1) is 12.2. The van der Waals surface area contributed by atoms with E-state index in [2.05, 4.69) is 15.4 Å². The van der Waals surface area contributed by atoms with E-state index in [0.717, 1.165) is 11.3 Å². The van der Waals surface area contributed by atoms with Gasteiger partial charge in [-0.1, -0.05) is 0 Å². The van der Waals surface area contributed by atoms with Crippen molar-refractivity contribution in [3.05, 3.63) is 55.0 Å². The topological polar surface area (TPSA) is 78.3 Å². The molecule has 0 fully saturated rings. The third-order valence-electron chi connectivity index (χ3n) is 3.60. The zero-order chi connectivity index (χ0) is 17.6.